The summed E-state index contributed by atoms with van der Waals surface area (Å²) >= 11 is 0. The molecule has 1 aliphatic rings. The highest BCUT2D eigenvalue weighted by atomic mass is 16.3. The first-order chi connectivity index (χ1) is 15.1. The third-order valence-electron chi connectivity index (χ3n) is 6.19. The fourth-order valence-electron chi connectivity index (χ4n) is 4.61. The van der Waals surface area contributed by atoms with E-state index in [-0.39, 0.29) is 23.3 Å². The molecule has 5 rings (SSSR count). The molecule has 0 heterocycles. The van der Waals surface area contributed by atoms with Crippen LogP contribution in [0.2, 0.25) is 0 Å². The van der Waals surface area contributed by atoms with Crippen LogP contribution < -0.4 is 0 Å². The largest absolute Gasteiger partial charge is 0.508 e. The molecule has 0 fully saturated rings. The summed E-state index contributed by atoms with van der Waals surface area (Å²) in [6.07, 6.45) is 7.25. The van der Waals surface area contributed by atoms with E-state index in [0.717, 1.165) is 39.0 Å². The number of benzene rings is 4. The maximum absolute atomic E-state index is 11.2. The lowest BCUT2D eigenvalue weighted by atomic mass is 9.75. The van der Waals surface area contributed by atoms with E-state index in [2.05, 4.69) is 0 Å². The maximum atomic E-state index is 11.2. The van der Waals surface area contributed by atoms with Crippen LogP contribution in [-0.4, -0.2) is 16.5 Å². The summed E-state index contributed by atoms with van der Waals surface area (Å²) in [5.74, 6) is 0.127. The quantitative estimate of drug-likeness (QED) is 0.395. The lowest BCUT2D eigenvalue weighted by molar-refractivity contribution is -0.104. The SMILES string of the molecule is O=CC1=CCC(C(c2cc3ccccc3cc2O)c2cc3ccccc3cc2O)C=C1. The number of allylic oxidation sites excluding steroid dienone is 4. The standard InChI is InChI=1S/C28H22O3/c29-17-18-9-11-19(12-10-18)28(24-13-20-5-1-3-7-22(20)15-26(24)30)25-14-21-6-2-4-8-23(21)16-27(25)31/h1-11,13-17,19,28,30-31H,12H2. The molecule has 0 radical (unpaired) electrons. The van der Waals surface area contributed by atoms with Crippen molar-refractivity contribution < 1.29 is 15.0 Å². The average Bonchev–Trinajstić information content (AvgIpc) is 2.80. The van der Waals surface area contributed by atoms with Gasteiger partial charge in [0.05, 0.1) is 0 Å². The predicted molar refractivity (Wildman–Crippen MR) is 124 cm³/mol. The van der Waals surface area contributed by atoms with Gasteiger partial charge < -0.3 is 10.2 Å². The number of aromatic hydroxyl groups is 2. The van der Waals surface area contributed by atoms with Crippen molar-refractivity contribution in [3.63, 3.8) is 0 Å². The summed E-state index contributed by atoms with van der Waals surface area (Å²) in [5, 5.41) is 26.0. The average molecular weight is 406 g/mol. The van der Waals surface area contributed by atoms with Crippen LogP contribution in [0.25, 0.3) is 21.5 Å². The number of hydrogen-bond acceptors (Lipinski definition) is 3. The van der Waals surface area contributed by atoms with Crippen LogP contribution in [0.1, 0.15) is 23.5 Å². The normalized spacial score (nSPS) is 16.0. The van der Waals surface area contributed by atoms with Crippen molar-refractivity contribution in [2.75, 3.05) is 0 Å². The van der Waals surface area contributed by atoms with Crippen LogP contribution in [0.4, 0.5) is 0 Å². The van der Waals surface area contributed by atoms with E-state index in [0.29, 0.717) is 12.0 Å². The summed E-state index contributed by atoms with van der Waals surface area (Å²) in [7, 11) is 0. The zero-order valence-electron chi connectivity index (χ0n) is 16.9. The monoisotopic (exact) mass is 406 g/mol. The molecular weight excluding hydrogens is 384 g/mol. The highest BCUT2D eigenvalue weighted by Gasteiger charge is 2.29. The number of carbonyl (C=O) groups excluding carboxylic acids is 1. The van der Waals surface area contributed by atoms with Crippen molar-refractivity contribution in [1.82, 2.24) is 0 Å². The Bertz CT molecular complexity index is 1280. The van der Waals surface area contributed by atoms with E-state index in [1.54, 1.807) is 12.1 Å². The van der Waals surface area contributed by atoms with Crippen LogP contribution in [0.15, 0.2) is 96.6 Å². The van der Waals surface area contributed by atoms with Crippen LogP contribution in [-0.2, 0) is 4.79 Å². The van der Waals surface area contributed by atoms with Gasteiger partial charge in [-0.2, -0.15) is 0 Å². The van der Waals surface area contributed by atoms with Gasteiger partial charge in [-0.25, -0.2) is 0 Å². The molecule has 0 spiro atoms. The van der Waals surface area contributed by atoms with Crippen LogP contribution >= 0.6 is 0 Å². The summed E-state index contributed by atoms with van der Waals surface area (Å²) < 4.78 is 0. The highest BCUT2D eigenvalue weighted by molar-refractivity contribution is 5.87. The van der Waals surface area contributed by atoms with E-state index in [1.165, 1.54) is 0 Å². The van der Waals surface area contributed by atoms with Gasteiger partial charge in [-0.3, -0.25) is 4.79 Å². The van der Waals surface area contributed by atoms with Crippen molar-refractivity contribution in [2.24, 2.45) is 5.92 Å². The van der Waals surface area contributed by atoms with Crippen molar-refractivity contribution >= 4 is 27.8 Å². The van der Waals surface area contributed by atoms with Gasteiger partial charge in [0.25, 0.3) is 0 Å². The van der Waals surface area contributed by atoms with E-state index in [4.69, 9.17) is 0 Å². The molecule has 3 heteroatoms. The molecule has 0 aliphatic heterocycles. The summed E-state index contributed by atoms with van der Waals surface area (Å²) in [4.78, 5) is 11.2. The third-order valence-corrected chi connectivity index (χ3v) is 6.19. The molecule has 152 valence electrons. The minimum atomic E-state index is -0.269. The lowest BCUT2D eigenvalue weighted by Gasteiger charge is -2.28. The minimum absolute atomic E-state index is 0.0113. The second-order valence-corrected chi connectivity index (χ2v) is 8.07. The molecule has 3 nitrogen and oxygen atoms in total. The summed E-state index contributed by atoms with van der Waals surface area (Å²) in [5.41, 5.74) is 2.18. The molecule has 1 atom stereocenters. The second kappa shape index (κ2) is 7.77. The van der Waals surface area contributed by atoms with Gasteiger partial charge in [-0.1, -0.05) is 66.8 Å². The maximum Gasteiger partial charge on any atom is 0.149 e. The van der Waals surface area contributed by atoms with Crippen LogP contribution in [0.3, 0.4) is 0 Å². The van der Waals surface area contributed by atoms with Crippen molar-refractivity contribution in [3.8, 4) is 11.5 Å². The Hall–Kier alpha value is -3.85. The molecule has 1 unspecified atom stereocenters. The van der Waals surface area contributed by atoms with Crippen molar-refractivity contribution in [1.29, 1.82) is 0 Å². The van der Waals surface area contributed by atoms with Gasteiger partial charge in [0, 0.05) is 22.6 Å². The third kappa shape index (κ3) is 3.49. The molecule has 0 saturated carbocycles. The number of carbonyl (C=O) groups is 1. The predicted octanol–water partition coefficient (Wildman–Crippen LogP) is 6.24. The zero-order valence-corrected chi connectivity index (χ0v) is 16.9. The minimum Gasteiger partial charge on any atom is -0.508 e. The van der Waals surface area contributed by atoms with E-state index >= 15 is 0 Å². The Morgan fingerprint density at radius 2 is 1.26 bits per heavy atom. The van der Waals surface area contributed by atoms with Gasteiger partial charge in [0.1, 0.15) is 17.8 Å². The number of rotatable bonds is 4. The molecule has 4 aromatic carbocycles. The molecular formula is C28H22O3. The first-order valence-corrected chi connectivity index (χ1v) is 10.4. The Balaban J connectivity index is 1.72. The molecule has 0 amide bonds. The number of fused-ring (bicyclic) bond motifs is 2. The van der Waals surface area contributed by atoms with Gasteiger partial charge in [-0.15, -0.1) is 0 Å². The Labute approximate surface area is 180 Å². The van der Waals surface area contributed by atoms with E-state index < -0.39 is 0 Å². The number of phenolic OH excluding ortho intramolecular Hbond substituents is 2. The number of aldehydes is 1. The first-order valence-electron chi connectivity index (χ1n) is 10.4. The Morgan fingerprint density at radius 3 is 1.68 bits per heavy atom. The van der Waals surface area contributed by atoms with Gasteiger partial charge >= 0.3 is 0 Å². The van der Waals surface area contributed by atoms with Crippen LogP contribution in [0, 0.1) is 5.92 Å². The zero-order chi connectivity index (χ0) is 21.4. The summed E-state index contributed by atoms with van der Waals surface area (Å²) in [6.45, 7) is 0. The smallest absolute Gasteiger partial charge is 0.149 e. The molecule has 0 bridgehead atoms. The molecule has 2 N–H and O–H groups in total. The molecule has 4 aromatic rings. The molecule has 0 aromatic heterocycles. The van der Waals surface area contributed by atoms with Crippen molar-refractivity contribution in [3.05, 3.63) is 108 Å². The first kappa shape index (κ1) is 19.1. The second-order valence-electron chi connectivity index (χ2n) is 8.07. The number of hydrogen-bond donors (Lipinski definition) is 2. The van der Waals surface area contributed by atoms with Gasteiger partial charge in [0.2, 0.25) is 0 Å². The highest BCUT2D eigenvalue weighted by Crippen LogP contribution is 2.45. The Kier molecular flexibility index (Phi) is 4.79. The number of phenols is 2. The molecule has 1 aliphatic carbocycles. The van der Waals surface area contributed by atoms with Gasteiger partial charge in [0.15, 0.2) is 0 Å². The molecule has 31 heavy (non-hydrogen) atoms. The fraction of sp³-hybridized carbons (Fsp3) is 0.107. The lowest BCUT2D eigenvalue weighted by Crippen LogP contribution is -2.15. The van der Waals surface area contributed by atoms with E-state index in [9.17, 15) is 15.0 Å². The van der Waals surface area contributed by atoms with Crippen molar-refractivity contribution in [2.45, 2.75) is 12.3 Å². The Morgan fingerprint density at radius 1 is 0.774 bits per heavy atom. The van der Waals surface area contributed by atoms with Crippen LogP contribution in [0.5, 0.6) is 11.5 Å². The van der Waals surface area contributed by atoms with Gasteiger partial charge in [-0.05, 0) is 58.1 Å². The topological polar surface area (TPSA) is 57.5 Å². The molecule has 0 saturated heterocycles. The fourth-order valence-corrected chi connectivity index (χ4v) is 4.61. The van der Waals surface area contributed by atoms with E-state index in [1.807, 2.05) is 78.9 Å². The summed E-state index contributed by atoms with van der Waals surface area (Å²) in [6, 6.07) is 23.4.